The molecule has 1 N–H and O–H groups in total. The first-order valence-corrected chi connectivity index (χ1v) is 10.4. The van der Waals surface area contributed by atoms with E-state index >= 15 is 0 Å². The lowest BCUT2D eigenvalue weighted by atomic mass is 10.1. The van der Waals surface area contributed by atoms with Crippen LogP contribution in [0.1, 0.15) is 15.9 Å². The lowest BCUT2D eigenvalue weighted by Gasteiger charge is -2.14. The number of anilines is 1. The molecular formula is C24H22N2O4S. The number of nitrogens with one attached hydrogen (secondary N) is 1. The van der Waals surface area contributed by atoms with Crippen molar-refractivity contribution in [2.24, 2.45) is 0 Å². The molecule has 0 unspecified atom stereocenters. The highest BCUT2D eigenvalue weighted by atomic mass is 32.1. The second kappa shape index (κ2) is 8.65. The van der Waals surface area contributed by atoms with Crippen LogP contribution in [0.15, 0.2) is 54.6 Å². The van der Waals surface area contributed by atoms with Crippen LogP contribution in [-0.4, -0.2) is 32.2 Å². The molecule has 0 saturated heterocycles. The van der Waals surface area contributed by atoms with E-state index in [9.17, 15) is 4.79 Å². The Bertz CT molecular complexity index is 1210. The molecule has 1 aromatic heterocycles. The molecule has 1 heterocycles. The number of aryl methyl sites for hydroxylation is 1. The van der Waals surface area contributed by atoms with Gasteiger partial charge in [-0.2, -0.15) is 0 Å². The Hall–Kier alpha value is -3.58. The SMILES string of the molecule is COc1cc(C(=O)Nc2ccc(-c3nc4ccccc4s3)c(C)c2)cc(OC)c1OC. The molecule has 0 aliphatic carbocycles. The van der Waals surface area contributed by atoms with Crippen molar-refractivity contribution < 1.29 is 19.0 Å². The summed E-state index contributed by atoms with van der Waals surface area (Å²) >= 11 is 1.65. The van der Waals surface area contributed by atoms with E-state index in [4.69, 9.17) is 19.2 Å². The van der Waals surface area contributed by atoms with Gasteiger partial charge < -0.3 is 19.5 Å². The Morgan fingerprint density at radius 2 is 1.65 bits per heavy atom. The van der Waals surface area contributed by atoms with Crippen molar-refractivity contribution in [3.05, 3.63) is 65.7 Å². The normalized spacial score (nSPS) is 10.7. The minimum atomic E-state index is -0.272. The number of para-hydroxylation sites is 1. The molecule has 6 nitrogen and oxygen atoms in total. The number of fused-ring (bicyclic) bond motifs is 1. The lowest BCUT2D eigenvalue weighted by Crippen LogP contribution is -2.12. The quantitative estimate of drug-likeness (QED) is 0.431. The first-order valence-electron chi connectivity index (χ1n) is 9.62. The molecule has 0 atom stereocenters. The molecule has 31 heavy (non-hydrogen) atoms. The molecule has 0 saturated carbocycles. The molecule has 1 amide bonds. The number of methoxy groups -OCH3 is 3. The fraction of sp³-hybridized carbons (Fsp3) is 0.167. The number of hydrogen-bond acceptors (Lipinski definition) is 6. The maximum atomic E-state index is 12.9. The number of aromatic nitrogens is 1. The van der Waals surface area contributed by atoms with E-state index in [1.165, 1.54) is 21.3 Å². The minimum absolute atomic E-state index is 0.272. The van der Waals surface area contributed by atoms with Crippen LogP contribution in [0, 0.1) is 6.92 Å². The molecule has 0 bridgehead atoms. The van der Waals surface area contributed by atoms with Gasteiger partial charge in [0.25, 0.3) is 5.91 Å². The van der Waals surface area contributed by atoms with Gasteiger partial charge >= 0.3 is 0 Å². The number of ether oxygens (including phenoxy) is 3. The molecule has 0 spiro atoms. The number of nitrogens with zero attached hydrogens (tertiary/aromatic N) is 1. The summed E-state index contributed by atoms with van der Waals surface area (Å²) in [6, 6.07) is 17.1. The van der Waals surface area contributed by atoms with Gasteiger partial charge in [-0.3, -0.25) is 4.79 Å². The Morgan fingerprint density at radius 3 is 2.26 bits per heavy atom. The van der Waals surface area contributed by atoms with E-state index in [1.54, 1.807) is 23.5 Å². The van der Waals surface area contributed by atoms with Gasteiger partial charge in [-0.15, -0.1) is 11.3 Å². The Morgan fingerprint density at radius 1 is 0.935 bits per heavy atom. The largest absolute Gasteiger partial charge is 0.493 e. The number of hydrogen-bond donors (Lipinski definition) is 1. The Balaban J connectivity index is 1.60. The van der Waals surface area contributed by atoms with E-state index in [0.29, 0.717) is 28.5 Å². The van der Waals surface area contributed by atoms with Gasteiger partial charge in [0, 0.05) is 16.8 Å². The summed E-state index contributed by atoms with van der Waals surface area (Å²) in [6.45, 7) is 2.01. The number of carbonyl (C=O) groups excluding carboxylic acids is 1. The van der Waals surface area contributed by atoms with Gasteiger partial charge in [-0.25, -0.2) is 4.98 Å². The van der Waals surface area contributed by atoms with Crippen LogP contribution in [0.3, 0.4) is 0 Å². The van der Waals surface area contributed by atoms with Crippen molar-refractivity contribution in [3.63, 3.8) is 0 Å². The number of thiazole rings is 1. The highest BCUT2D eigenvalue weighted by Gasteiger charge is 2.17. The standard InChI is InChI=1S/C24H22N2O4S/c1-14-11-16(9-10-17(14)24-26-18-7-5-6-8-21(18)31-24)25-23(27)15-12-19(28-2)22(30-4)20(13-15)29-3/h5-13H,1-4H3,(H,25,27). The zero-order valence-corrected chi connectivity index (χ0v) is 18.5. The Labute approximate surface area is 184 Å². The van der Waals surface area contributed by atoms with E-state index < -0.39 is 0 Å². The predicted molar refractivity (Wildman–Crippen MR) is 124 cm³/mol. The van der Waals surface area contributed by atoms with Crippen molar-refractivity contribution >= 4 is 33.1 Å². The number of rotatable bonds is 6. The molecule has 4 aromatic rings. The van der Waals surface area contributed by atoms with Crippen LogP contribution in [0.4, 0.5) is 5.69 Å². The molecule has 4 rings (SSSR count). The van der Waals surface area contributed by atoms with Crippen molar-refractivity contribution in [2.45, 2.75) is 6.92 Å². The average molecular weight is 435 g/mol. The molecule has 158 valence electrons. The molecule has 3 aromatic carbocycles. The third-order valence-electron chi connectivity index (χ3n) is 4.94. The van der Waals surface area contributed by atoms with Crippen LogP contribution in [0.5, 0.6) is 17.2 Å². The second-order valence-electron chi connectivity index (χ2n) is 6.88. The maximum absolute atomic E-state index is 12.9. The molecule has 0 fully saturated rings. The van der Waals surface area contributed by atoms with Crippen molar-refractivity contribution in [1.29, 1.82) is 0 Å². The highest BCUT2D eigenvalue weighted by Crippen LogP contribution is 2.38. The van der Waals surface area contributed by atoms with Gasteiger partial charge in [0.1, 0.15) is 5.01 Å². The summed E-state index contributed by atoms with van der Waals surface area (Å²) in [4.78, 5) is 17.6. The monoisotopic (exact) mass is 434 g/mol. The summed E-state index contributed by atoms with van der Waals surface area (Å²) in [5, 5.41) is 3.90. The first-order chi connectivity index (χ1) is 15.0. The van der Waals surface area contributed by atoms with E-state index in [2.05, 4.69) is 11.4 Å². The van der Waals surface area contributed by atoms with E-state index in [-0.39, 0.29) is 5.91 Å². The molecule has 0 aliphatic rings. The fourth-order valence-corrected chi connectivity index (χ4v) is 4.44. The third-order valence-corrected chi connectivity index (χ3v) is 6.01. The molecule has 7 heteroatoms. The van der Waals surface area contributed by atoms with Gasteiger partial charge in [-0.05, 0) is 55.0 Å². The smallest absolute Gasteiger partial charge is 0.255 e. The number of benzene rings is 3. The van der Waals surface area contributed by atoms with Crippen molar-refractivity contribution in [3.8, 4) is 27.8 Å². The van der Waals surface area contributed by atoms with Gasteiger partial charge in [0.2, 0.25) is 5.75 Å². The molecule has 0 radical (unpaired) electrons. The minimum Gasteiger partial charge on any atom is -0.493 e. The number of amides is 1. The highest BCUT2D eigenvalue weighted by molar-refractivity contribution is 7.21. The van der Waals surface area contributed by atoms with E-state index in [0.717, 1.165) is 26.4 Å². The number of carbonyl (C=O) groups is 1. The van der Waals surface area contributed by atoms with Crippen LogP contribution >= 0.6 is 11.3 Å². The zero-order chi connectivity index (χ0) is 22.0. The van der Waals surface area contributed by atoms with Crippen LogP contribution in [-0.2, 0) is 0 Å². The first kappa shape index (κ1) is 20.7. The lowest BCUT2D eigenvalue weighted by molar-refractivity contribution is 0.102. The van der Waals surface area contributed by atoms with Crippen molar-refractivity contribution in [1.82, 2.24) is 4.98 Å². The van der Waals surface area contributed by atoms with Gasteiger partial charge in [0.05, 0.1) is 31.5 Å². The van der Waals surface area contributed by atoms with Crippen LogP contribution in [0.2, 0.25) is 0 Å². The van der Waals surface area contributed by atoms with Crippen LogP contribution < -0.4 is 19.5 Å². The van der Waals surface area contributed by atoms with Crippen molar-refractivity contribution in [2.75, 3.05) is 26.6 Å². The summed E-state index contributed by atoms with van der Waals surface area (Å²) in [5.41, 5.74) is 4.17. The maximum Gasteiger partial charge on any atom is 0.255 e. The third kappa shape index (κ3) is 4.04. The summed E-state index contributed by atoms with van der Waals surface area (Å²) in [7, 11) is 4.56. The molecule has 0 aliphatic heterocycles. The summed E-state index contributed by atoms with van der Waals surface area (Å²) < 4.78 is 17.1. The predicted octanol–water partition coefficient (Wildman–Crippen LogP) is 5.55. The summed E-state index contributed by atoms with van der Waals surface area (Å²) in [5.74, 6) is 1.02. The zero-order valence-electron chi connectivity index (χ0n) is 17.7. The molecular weight excluding hydrogens is 412 g/mol. The van der Waals surface area contributed by atoms with Gasteiger partial charge in [0.15, 0.2) is 11.5 Å². The fourth-order valence-electron chi connectivity index (χ4n) is 3.38. The summed E-state index contributed by atoms with van der Waals surface area (Å²) in [6.07, 6.45) is 0. The van der Waals surface area contributed by atoms with Crippen LogP contribution in [0.25, 0.3) is 20.8 Å². The van der Waals surface area contributed by atoms with E-state index in [1.807, 2.05) is 43.3 Å². The Kier molecular flexibility index (Phi) is 5.77. The van der Waals surface area contributed by atoms with Gasteiger partial charge in [-0.1, -0.05) is 12.1 Å². The second-order valence-corrected chi connectivity index (χ2v) is 7.92. The average Bonchev–Trinajstić information content (AvgIpc) is 3.21. The topological polar surface area (TPSA) is 69.7 Å².